The normalized spacial score (nSPS) is 26.0. The minimum absolute atomic E-state index is 0.173. The minimum atomic E-state index is -0.805. The SMILES string of the molecule is COCC1(O)CCOC2(CCN(C(=O)Cc3ccccc3C)CC2)C1. The third kappa shape index (κ3) is 4.22. The first-order valence-electron chi connectivity index (χ1n) is 9.13. The summed E-state index contributed by atoms with van der Waals surface area (Å²) in [5.41, 5.74) is 1.13. The molecule has 2 saturated heterocycles. The van der Waals surface area contributed by atoms with Gasteiger partial charge in [0, 0.05) is 33.0 Å². The van der Waals surface area contributed by atoms with Crippen LogP contribution >= 0.6 is 0 Å². The molecule has 1 atom stereocenters. The molecule has 2 aliphatic rings. The van der Waals surface area contributed by atoms with Gasteiger partial charge in [-0.2, -0.15) is 0 Å². The Kier molecular flexibility index (Phi) is 5.46. The fourth-order valence-electron chi connectivity index (χ4n) is 4.16. The van der Waals surface area contributed by atoms with E-state index >= 15 is 0 Å². The molecule has 2 aliphatic heterocycles. The maximum Gasteiger partial charge on any atom is 0.227 e. The van der Waals surface area contributed by atoms with Gasteiger partial charge in [0.2, 0.25) is 5.91 Å². The lowest BCUT2D eigenvalue weighted by atomic mass is 9.77. The number of benzene rings is 1. The Hall–Kier alpha value is -1.43. The van der Waals surface area contributed by atoms with Crippen molar-refractivity contribution >= 4 is 5.91 Å². The van der Waals surface area contributed by atoms with Crippen LogP contribution in [0.5, 0.6) is 0 Å². The molecule has 2 heterocycles. The van der Waals surface area contributed by atoms with Gasteiger partial charge in [0.25, 0.3) is 0 Å². The second-order valence-electron chi connectivity index (χ2n) is 7.60. The Labute approximate surface area is 149 Å². The van der Waals surface area contributed by atoms with E-state index in [0.717, 1.165) is 24.0 Å². The first kappa shape index (κ1) is 18.4. The molecule has 25 heavy (non-hydrogen) atoms. The topological polar surface area (TPSA) is 59.0 Å². The molecule has 0 aliphatic carbocycles. The number of carbonyl (C=O) groups is 1. The van der Waals surface area contributed by atoms with E-state index in [2.05, 4.69) is 0 Å². The zero-order valence-corrected chi connectivity index (χ0v) is 15.3. The molecule has 1 amide bonds. The van der Waals surface area contributed by atoms with Crippen LogP contribution in [0.15, 0.2) is 24.3 Å². The van der Waals surface area contributed by atoms with Crippen LogP contribution in [0, 0.1) is 6.92 Å². The van der Waals surface area contributed by atoms with E-state index in [0.29, 0.717) is 45.6 Å². The zero-order chi connectivity index (χ0) is 17.9. The lowest BCUT2D eigenvalue weighted by Gasteiger charge is -2.49. The number of amides is 1. The van der Waals surface area contributed by atoms with Gasteiger partial charge in [0.05, 0.1) is 30.8 Å². The van der Waals surface area contributed by atoms with Gasteiger partial charge in [0.1, 0.15) is 0 Å². The third-order valence-electron chi connectivity index (χ3n) is 5.67. The summed E-state index contributed by atoms with van der Waals surface area (Å²) in [4.78, 5) is 14.6. The summed E-state index contributed by atoms with van der Waals surface area (Å²) in [5, 5.41) is 10.7. The number of piperidine rings is 1. The average Bonchev–Trinajstić information content (AvgIpc) is 2.57. The standard InChI is InChI=1S/C20H29NO4/c1-16-5-3-4-6-17(16)13-18(22)21-10-7-20(8-11-21)14-19(23,15-24-2)9-12-25-20/h3-6,23H,7-15H2,1-2H3. The average molecular weight is 347 g/mol. The number of carbonyl (C=O) groups excluding carboxylic acids is 1. The van der Waals surface area contributed by atoms with Crippen molar-refractivity contribution in [2.45, 2.75) is 50.2 Å². The molecule has 0 radical (unpaired) electrons. The van der Waals surface area contributed by atoms with E-state index in [1.54, 1.807) is 7.11 Å². The van der Waals surface area contributed by atoms with Crippen molar-refractivity contribution in [3.05, 3.63) is 35.4 Å². The quantitative estimate of drug-likeness (QED) is 0.906. The Bertz CT molecular complexity index is 605. The highest BCUT2D eigenvalue weighted by Gasteiger charge is 2.46. The smallest absolute Gasteiger partial charge is 0.227 e. The number of aliphatic hydroxyl groups is 1. The van der Waals surface area contributed by atoms with Crippen molar-refractivity contribution in [1.29, 1.82) is 0 Å². The summed E-state index contributed by atoms with van der Waals surface area (Å²) in [6.07, 6.45) is 3.21. The van der Waals surface area contributed by atoms with Crippen molar-refractivity contribution < 1.29 is 19.4 Å². The number of aryl methyl sites for hydroxylation is 1. The molecule has 1 unspecified atom stereocenters. The second-order valence-corrected chi connectivity index (χ2v) is 7.60. The van der Waals surface area contributed by atoms with Gasteiger partial charge in [-0.1, -0.05) is 24.3 Å². The molecule has 0 aromatic heterocycles. The predicted octanol–water partition coefficient (Wildman–Crippen LogP) is 2.09. The summed E-state index contributed by atoms with van der Waals surface area (Å²) in [7, 11) is 1.62. The zero-order valence-electron chi connectivity index (χ0n) is 15.3. The summed E-state index contributed by atoms with van der Waals surface area (Å²) < 4.78 is 11.2. The Balaban J connectivity index is 1.58. The lowest BCUT2D eigenvalue weighted by Crippen LogP contribution is -2.56. The molecular formula is C20H29NO4. The van der Waals surface area contributed by atoms with Crippen LogP contribution in [0.25, 0.3) is 0 Å². The number of hydrogen-bond acceptors (Lipinski definition) is 4. The Morgan fingerprint density at radius 2 is 2.00 bits per heavy atom. The van der Waals surface area contributed by atoms with Gasteiger partial charge in [0.15, 0.2) is 0 Å². The molecule has 1 spiro atoms. The van der Waals surface area contributed by atoms with E-state index in [4.69, 9.17) is 9.47 Å². The van der Waals surface area contributed by atoms with Crippen molar-refractivity contribution in [3.63, 3.8) is 0 Å². The molecule has 1 aromatic rings. The first-order chi connectivity index (χ1) is 12.0. The van der Waals surface area contributed by atoms with E-state index in [9.17, 15) is 9.90 Å². The Morgan fingerprint density at radius 1 is 1.28 bits per heavy atom. The predicted molar refractivity (Wildman–Crippen MR) is 95.4 cm³/mol. The van der Waals surface area contributed by atoms with Gasteiger partial charge in [-0.25, -0.2) is 0 Å². The molecule has 5 nitrogen and oxygen atoms in total. The van der Waals surface area contributed by atoms with Crippen LogP contribution in [-0.2, 0) is 20.7 Å². The van der Waals surface area contributed by atoms with Gasteiger partial charge in [-0.3, -0.25) is 4.79 Å². The number of hydrogen-bond donors (Lipinski definition) is 1. The van der Waals surface area contributed by atoms with Crippen LogP contribution in [0.4, 0.5) is 0 Å². The third-order valence-corrected chi connectivity index (χ3v) is 5.67. The van der Waals surface area contributed by atoms with Crippen molar-refractivity contribution in [3.8, 4) is 0 Å². The van der Waals surface area contributed by atoms with Crippen molar-refractivity contribution in [1.82, 2.24) is 4.90 Å². The van der Waals surface area contributed by atoms with E-state index in [1.807, 2.05) is 36.1 Å². The number of methoxy groups -OCH3 is 1. The fraction of sp³-hybridized carbons (Fsp3) is 0.650. The molecule has 5 heteroatoms. The number of rotatable bonds is 4. The number of nitrogens with zero attached hydrogens (tertiary/aromatic N) is 1. The van der Waals surface area contributed by atoms with E-state index in [1.165, 1.54) is 0 Å². The molecular weight excluding hydrogens is 318 g/mol. The molecule has 138 valence electrons. The minimum Gasteiger partial charge on any atom is -0.387 e. The highest BCUT2D eigenvalue weighted by Crippen LogP contribution is 2.39. The van der Waals surface area contributed by atoms with Gasteiger partial charge >= 0.3 is 0 Å². The molecule has 3 rings (SSSR count). The molecule has 2 fully saturated rings. The molecule has 1 N–H and O–H groups in total. The number of likely N-dealkylation sites (tertiary alicyclic amines) is 1. The molecule has 1 aromatic carbocycles. The van der Waals surface area contributed by atoms with Crippen molar-refractivity contribution in [2.75, 3.05) is 33.4 Å². The summed E-state index contributed by atoms with van der Waals surface area (Å²) >= 11 is 0. The summed E-state index contributed by atoms with van der Waals surface area (Å²) in [6.45, 7) is 4.31. The van der Waals surface area contributed by atoms with Gasteiger partial charge < -0.3 is 19.5 Å². The maximum absolute atomic E-state index is 12.6. The highest BCUT2D eigenvalue weighted by atomic mass is 16.5. The first-order valence-corrected chi connectivity index (χ1v) is 9.13. The molecule has 0 saturated carbocycles. The summed E-state index contributed by atoms with van der Waals surface area (Å²) in [6, 6.07) is 8.04. The van der Waals surface area contributed by atoms with E-state index in [-0.39, 0.29) is 11.5 Å². The fourth-order valence-corrected chi connectivity index (χ4v) is 4.16. The van der Waals surface area contributed by atoms with Crippen LogP contribution in [0.3, 0.4) is 0 Å². The van der Waals surface area contributed by atoms with E-state index < -0.39 is 5.60 Å². The van der Waals surface area contributed by atoms with Crippen molar-refractivity contribution in [2.24, 2.45) is 0 Å². The molecule has 0 bridgehead atoms. The maximum atomic E-state index is 12.6. The van der Waals surface area contributed by atoms with Crippen LogP contribution < -0.4 is 0 Å². The van der Waals surface area contributed by atoms with Crippen LogP contribution in [0.2, 0.25) is 0 Å². The highest BCUT2D eigenvalue weighted by molar-refractivity contribution is 5.79. The van der Waals surface area contributed by atoms with Crippen LogP contribution in [-0.4, -0.2) is 60.5 Å². The van der Waals surface area contributed by atoms with Gasteiger partial charge in [-0.15, -0.1) is 0 Å². The summed E-state index contributed by atoms with van der Waals surface area (Å²) in [5.74, 6) is 0.173. The van der Waals surface area contributed by atoms with Crippen LogP contribution in [0.1, 0.15) is 36.8 Å². The number of ether oxygens (including phenoxy) is 2. The Morgan fingerprint density at radius 3 is 2.68 bits per heavy atom. The lowest BCUT2D eigenvalue weighted by molar-refractivity contribution is -0.192. The van der Waals surface area contributed by atoms with Gasteiger partial charge in [-0.05, 0) is 30.9 Å². The largest absolute Gasteiger partial charge is 0.387 e. The second kappa shape index (κ2) is 7.44. The monoisotopic (exact) mass is 347 g/mol.